The molecule has 0 aromatic heterocycles. The molecule has 3 N–H and O–H groups in total. The highest BCUT2D eigenvalue weighted by molar-refractivity contribution is 5.79. The van der Waals surface area contributed by atoms with Crippen LogP contribution in [-0.2, 0) is 11.3 Å². The zero-order valence-corrected chi connectivity index (χ0v) is 17.5. The number of carbonyl (C=O) groups is 1. The minimum absolute atomic E-state index is 0.178. The normalized spacial score (nSPS) is 38.8. The van der Waals surface area contributed by atoms with Gasteiger partial charge in [-0.25, -0.2) is 0 Å². The molecule has 28 heavy (non-hydrogen) atoms. The first-order valence-electron chi connectivity index (χ1n) is 11.3. The van der Waals surface area contributed by atoms with Crippen molar-refractivity contribution < 1.29 is 4.79 Å². The second-order valence-electron chi connectivity index (χ2n) is 9.87. The van der Waals surface area contributed by atoms with Gasteiger partial charge in [0.05, 0.1) is 0 Å². The number of piperidine rings is 1. The van der Waals surface area contributed by atoms with Gasteiger partial charge >= 0.3 is 0 Å². The van der Waals surface area contributed by atoms with Gasteiger partial charge in [0.15, 0.2) is 0 Å². The van der Waals surface area contributed by atoms with Crippen molar-refractivity contribution in [1.29, 1.82) is 0 Å². The molecule has 1 heterocycles. The van der Waals surface area contributed by atoms with Crippen LogP contribution in [0, 0.1) is 29.6 Å². The van der Waals surface area contributed by atoms with Gasteiger partial charge in [-0.15, -0.1) is 0 Å². The van der Waals surface area contributed by atoms with E-state index < -0.39 is 0 Å². The maximum absolute atomic E-state index is 13.1. The monoisotopic (exact) mass is 383 g/mol. The maximum Gasteiger partial charge on any atom is 0.223 e. The molecule has 2 saturated carbocycles. The van der Waals surface area contributed by atoms with Crippen molar-refractivity contribution in [3.05, 3.63) is 35.9 Å². The lowest BCUT2D eigenvalue weighted by Gasteiger charge is -2.45. The van der Waals surface area contributed by atoms with Crippen LogP contribution in [0.25, 0.3) is 0 Å². The molecule has 1 saturated heterocycles. The Morgan fingerprint density at radius 2 is 1.68 bits per heavy atom. The molecule has 4 unspecified atom stereocenters. The van der Waals surface area contributed by atoms with Crippen molar-refractivity contribution in [3.63, 3.8) is 0 Å². The SMILES string of the molecule is CC1CN(Cc2ccccc2)CC(C)C1NC(=O)C1CC2CCCC(C1)C2N. The average Bonchev–Trinajstić information content (AvgIpc) is 2.65. The average molecular weight is 384 g/mol. The fourth-order valence-electron chi connectivity index (χ4n) is 6.22. The number of rotatable bonds is 4. The van der Waals surface area contributed by atoms with Gasteiger partial charge in [-0.1, -0.05) is 50.6 Å². The van der Waals surface area contributed by atoms with Crippen LogP contribution in [0.3, 0.4) is 0 Å². The Kier molecular flexibility index (Phi) is 6.07. The molecule has 1 aromatic carbocycles. The van der Waals surface area contributed by atoms with Crippen molar-refractivity contribution in [2.45, 2.75) is 64.6 Å². The molecule has 154 valence electrons. The number of fused-ring (bicyclic) bond motifs is 2. The Morgan fingerprint density at radius 3 is 2.29 bits per heavy atom. The topological polar surface area (TPSA) is 58.4 Å². The first-order valence-corrected chi connectivity index (χ1v) is 11.3. The third-order valence-corrected chi connectivity index (χ3v) is 7.66. The fraction of sp³-hybridized carbons (Fsp3) is 0.708. The molecule has 0 radical (unpaired) electrons. The third kappa shape index (κ3) is 4.28. The summed E-state index contributed by atoms with van der Waals surface area (Å²) in [5, 5.41) is 3.47. The van der Waals surface area contributed by atoms with Crippen molar-refractivity contribution in [2.24, 2.45) is 35.3 Å². The lowest BCUT2D eigenvalue weighted by molar-refractivity contribution is -0.130. The molecule has 1 amide bonds. The minimum atomic E-state index is 0.178. The van der Waals surface area contributed by atoms with E-state index in [1.807, 2.05) is 0 Å². The summed E-state index contributed by atoms with van der Waals surface area (Å²) in [5.74, 6) is 2.54. The molecule has 4 atom stereocenters. The largest absolute Gasteiger partial charge is 0.352 e. The standard InChI is InChI=1S/C24H37N3O/c1-16-13-27(15-18-7-4-3-5-8-18)14-17(2)23(16)26-24(28)21-11-19-9-6-10-20(12-21)22(19)25/h3-5,7-8,16-17,19-23H,6,9-15,25H2,1-2H3,(H,26,28). The first kappa shape index (κ1) is 19.9. The number of likely N-dealkylation sites (tertiary alicyclic amines) is 1. The van der Waals surface area contributed by atoms with Crippen LogP contribution in [0.1, 0.15) is 51.5 Å². The third-order valence-electron chi connectivity index (χ3n) is 7.66. The predicted octanol–water partition coefficient (Wildman–Crippen LogP) is 3.41. The predicted molar refractivity (Wildman–Crippen MR) is 114 cm³/mol. The molecule has 4 rings (SSSR count). The number of hydrogen-bond acceptors (Lipinski definition) is 3. The summed E-state index contributed by atoms with van der Waals surface area (Å²) < 4.78 is 0. The summed E-state index contributed by atoms with van der Waals surface area (Å²) in [6.07, 6.45) is 5.72. The Hall–Kier alpha value is -1.39. The smallest absolute Gasteiger partial charge is 0.223 e. The highest BCUT2D eigenvalue weighted by Gasteiger charge is 2.42. The van der Waals surface area contributed by atoms with Crippen molar-refractivity contribution in [1.82, 2.24) is 10.2 Å². The highest BCUT2D eigenvalue weighted by Crippen LogP contribution is 2.42. The van der Waals surface area contributed by atoms with Crippen molar-refractivity contribution >= 4 is 5.91 Å². The molecule has 4 nitrogen and oxygen atoms in total. The van der Waals surface area contributed by atoms with Crippen molar-refractivity contribution in [2.75, 3.05) is 13.1 Å². The molecule has 0 spiro atoms. The maximum atomic E-state index is 13.1. The Balaban J connectivity index is 1.33. The molecule has 1 aliphatic heterocycles. The molecule has 2 aliphatic carbocycles. The fourth-order valence-corrected chi connectivity index (χ4v) is 6.22. The van der Waals surface area contributed by atoms with E-state index in [0.717, 1.165) is 32.5 Å². The second kappa shape index (κ2) is 8.54. The van der Waals surface area contributed by atoms with Gasteiger partial charge in [0.2, 0.25) is 5.91 Å². The highest BCUT2D eigenvalue weighted by atomic mass is 16.2. The van der Waals surface area contributed by atoms with Crippen LogP contribution in [-0.4, -0.2) is 36.0 Å². The number of carbonyl (C=O) groups excluding carboxylic acids is 1. The van der Waals surface area contributed by atoms with E-state index in [-0.39, 0.29) is 12.0 Å². The molecule has 4 heteroatoms. The van der Waals surface area contributed by atoms with E-state index in [0.29, 0.717) is 35.6 Å². The van der Waals surface area contributed by atoms with Gasteiger partial charge in [-0.2, -0.15) is 0 Å². The summed E-state index contributed by atoms with van der Waals surface area (Å²) in [7, 11) is 0. The number of benzene rings is 1. The number of nitrogens with zero attached hydrogens (tertiary/aromatic N) is 1. The number of nitrogens with two attached hydrogens (primary N) is 1. The summed E-state index contributed by atoms with van der Waals surface area (Å²) in [5.41, 5.74) is 7.79. The summed E-state index contributed by atoms with van der Waals surface area (Å²) in [6.45, 7) is 7.68. The molecule has 2 bridgehead atoms. The van der Waals surface area contributed by atoms with Crippen LogP contribution in [0.5, 0.6) is 0 Å². The van der Waals surface area contributed by atoms with Crippen LogP contribution in [0.4, 0.5) is 0 Å². The van der Waals surface area contributed by atoms with Gasteiger partial charge in [0, 0.05) is 37.6 Å². The van der Waals surface area contributed by atoms with Gasteiger partial charge < -0.3 is 11.1 Å². The molecule has 3 fully saturated rings. The number of amides is 1. The van der Waals surface area contributed by atoms with Crippen LogP contribution >= 0.6 is 0 Å². The van der Waals surface area contributed by atoms with E-state index in [1.54, 1.807) is 0 Å². The van der Waals surface area contributed by atoms with Gasteiger partial charge in [0.25, 0.3) is 0 Å². The Labute approximate surface area is 170 Å². The molecule has 1 aromatic rings. The lowest BCUT2D eigenvalue weighted by Crippen LogP contribution is -2.56. The number of nitrogens with one attached hydrogen (secondary N) is 1. The van der Waals surface area contributed by atoms with Gasteiger partial charge in [0.1, 0.15) is 0 Å². The zero-order chi connectivity index (χ0) is 19.7. The van der Waals surface area contributed by atoms with E-state index in [4.69, 9.17) is 5.73 Å². The van der Waals surface area contributed by atoms with Crippen LogP contribution in [0.2, 0.25) is 0 Å². The molecular weight excluding hydrogens is 346 g/mol. The zero-order valence-electron chi connectivity index (χ0n) is 17.5. The van der Waals surface area contributed by atoms with Gasteiger partial charge in [-0.3, -0.25) is 9.69 Å². The van der Waals surface area contributed by atoms with Gasteiger partial charge in [-0.05, 0) is 54.9 Å². The van der Waals surface area contributed by atoms with E-state index in [1.165, 1.54) is 24.8 Å². The van der Waals surface area contributed by atoms with E-state index in [9.17, 15) is 4.79 Å². The quantitative estimate of drug-likeness (QED) is 0.838. The minimum Gasteiger partial charge on any atom is -0.352 e. The first-order chi connectivity index (χ1) is 13.5. The second-order valence-corrected chi connectivity index (χ2v) is 9.87. The van der Waals surface area contributed by atoms with Crippen LogP contribution < -0.4 is 11.1 Å². The van der Waals surface area contributed by atoms with Crippen molar-refractivity contribution in [3.8, 4) is 0 Å². The summed E-state index contributed by atoms with van der Waals surface area (Å²) in [6, 6.07) is 11.3. The molecular formula is C24H37N3O. The summed E-state index contributed by atoms with van der Waals surface area (Å²) >= 11 is 0. The molecule has 3 aliphatic rings. The Morgan fingerprint density at radius 1 is 1.07 bits per heavy atom. The lowest BCUT2D eigenvalue weighted by atomic mass is 9.65. The van der Waals surface area contributed by atoms with E-state index >= 15 is 0 Å². The Bertz CT molecular complexity index is 637. The number of hydrogen-bond donors (Lipinski definition) is 2. The van der Waals surface area contributed by atoms with Crippen LogP contribution in [0.15, 0.2) is 30.3 Å². The summed E-state index contributed by atoms with van der Waals surface area (Å²) in [4.78, 5) is 15.6. The van der Waals surface area contributed by atoms with E-state index in [2.05, 4.69) is 54.4 Å².